The molecule has 0 aliphatic carbocycles. The number of pyridine rings is 1. The van der Waals surface area contributed by atoms with Gasteiger partial charge in [-0.2, -0.15) is 36.4 Å². The van der Waals surface area contributed by atoms with E-state index in [4.69, 9.17) is 0 Å². The SMILES string of the molecule is C[C@H]1C(=O)N2CCCc3nc(NCc4cnn(Cc5ccc(C(F)(F)F)nc5)c4)nc(c32)N1CC(F)(F)F. The number of anilines is 3. The molecule has 38 heavy (non-hydrogen) atoms. The van der Waals surface area contributed by atoms with Crippen LogP contribution < -0.4 is 15.1 Å². The van der Waals surface area contributed by atoms with Crippen LogP contribution in [0.1, 0.15) is 35.9 Å². The molecule has 1 amide bonds. The van der Waals surface area contributed by atoms with Gasteiger partial charge in [0.1, 0.15) is 24.0 Å². The number of nitrogens with one attached hydrogen (secondary N) is 1. The first-order valence-electron chi connectivity index (χ1n) is 11.7. The third kappa shape index (κ3) is 5.22. The maximum absolute atomic E-state index is 13.3. The lowest BCUT2D eigenvalue weighted by Crippen LogP contribution is -2.56. The standard InChI is InChI=1S/C23H22F6N8O/c1-13-20(38)36-6-2-3-16-18(36)19(37(13)12-22(24,25)26)34-21(33-16)31-8-15-9-32-35(11-15)10-14-4-5-17(30-7-14)23(27,28)29/h4-5,7,9,11,13H,2-3,6,8,10,12H2,1H3,(H,31,33,34)/t13-/m0/s1. The van der Waals surface area contributed by atoms with Crippen molar-refractivity contribution in [1.29, 1.82) is 0 Å². The lowest BCUT2D eigenvalue weighted by molar-refractivity contribution is -0.141. The van der Waals surface area contributed by atoms with Gasteiger partial charge >= 0.3 is 12.4 Å². The van der Waals surface area contributed by atoms with Crippen molar-refractivity contribution in [2.24, 2.45) is 0 Å². The minimum atomic E-state index is -4.53. The Bertz CT molecular complexity index is 1340. The minimum Gasteiger partial charge on any atom is -0.350 e. The van der Waals surface area contributed by atoms with Crippen molar-refractivity contribution in [3.05, 3.63) is 53.2 Å². The van der Waals surface area contributed by atoms with Crippen molar-refractivity contribution in [3.8, 4) is 0 Å². The van der Waals surface area contributed by atoms with Crippen molar-refractivity contribution < 1.29 is 31.1 Å². The van der Waals surface area contributed by atoms with E-state index in [1.54, 1.807) is 12.4 Å². The molecule has 9 nitrogen and oxygen atoms in total. The van der Waals surface area contributed by atoms with Gasteiger partial charge in [-0.1, -0.05) is 6.07 Å². The van der Waals surface area contributed by atoms with E-state index >= 15 is 0 Å². The van der Waals surface area contributed by atoms with Crippen LogP contribution in [-0.4, -0.2) is 55.9 Å². The average molecular weight is 540 g/mol. The van der Waals surface area contributed by atoms with Crippen LogP contribution in [0.25, 0.3) is 0 Å². The summed E-state index contributed by atoms with van der Waals surface area (Å²) in [5, 5.41) is 7.21. The number of carbonyl (C=O) groups is 1. The van der Waals surface area contributed by atoms with Gasteiger partial charge in [0.05, 0.1) is 18.4 Å². The Balaban J connectivity index is 1.33. The molecular weight excluding hydrogens is 518 g/mol. The highest BCUT2D eigenvalue weighted by Crippen LogP contribution is 2.41. The summed E-state index contributed by atoms with van der Waals surface area (Å²) >= 11 is 0. The molecule has 1 N–H and O–H groups in total. The molecule has 5 heterocycles. The molecule has 15 heteroatoms. The second-order valence-electron chi connectivity index (χ2n) is 9.13. The molecule has 3 aromatic heterocycles. The van der Waals surface area contributed by atoms with Crippen LogP contribution in [0.15, 0.2) is 30.7 Å². The van der Waals surface area contributed by atoms with E-state index < -0.39 is 36.5 Å². The van der Waals surface area contributed by atoms with E-state index in [0.717, 1.165) is 17.2 Å². The summed E-state index contributed by atoms with van der Waals surface area (Å²) in [6.07, 6.45) is -3.57. The fourth-order valence-electron chi connectivity index (χ4n) is 4.54. The second-order valence-corrected chi connectivity index (χ2v) is 9.13. The minimum absolute atomic E-state index is 0.0622. The molecular formula is C23H22F6N8O. The van der Waals surface area contributed by atoms with E-state index in [-0.39, 0.29) is 24.9 Å². The predicted molar refractivity (Wildman–Crippen MR) is 123 cm³/mol. The zero-order chi connectivity index (χ0) is 27.2. The number of carbonyl (C=O) groups excluding carboxylic acids is 1. The monoisotopic (exact) mass is 540 g/mol. The highest BCUT2D eigenvalue weighted by atomic mass is 19.4. The molecule has 0 saturated carbocycles. The lowest BCUT2D eigenvalue weighted by Gasteiger charge is -2.43. The van der Waals surface area contributed by atoms with E-state index in [9.17, 15) is 31.1 Å². The van der Waals surface area contributed by atoms with Crippen LogP contribution in [0.4, 0.5) is 43.8 Å². The van der Waals surface area contributed by atoms with Gasteiger partial charge in [0.25, 0.3) is 0 Å². The third-order valence-electron chi connectivity index (χ3n) is 6.31. The summed E-state index contributed by atoms with van der Waals surface area (Å²) in [7, 11) is 0. The van der Waals surface area contributed by atoms with Crippen LogP contribution in [-0.2, 0) is 30.5 Å². The van der Waals surface area contributed by atoms with Gasteiger partial charge in [-0.15, -0.1) is 0 Å². The number of alkyl halides is 6. The first kappa shape index (κ1) is 25.7. The predicted octanol–water partition coefficient (Wildman–Crippen LogP) is 3.80. The van der Waals surface area contributed by atoms with Crippen molar-refractivity contribution in [1.82, 2.24) is 24.7 Å². The topological polar surface area (TPSA) is 92.1 Å². The number of amides is 1. The molecule has 0 saturated heterocycles. The van der Waals surface area contributed by atoms with Gasteiger partial charge in [-0.25, -0.2) is 4.98 Å². The Morgan fingerprint density at radius 2 is 1.87 bits per heavy atom. The molecule has 2 aliphatic heterocycles. The van der Waals surface area contributed by atoms with E-state index in [1.165, 1.54) is 22.6 Å². The summed E-state index contributed by atoms with van der Waals surface area (Å²) < 4.78 is 79.6. The fraction of sp³-hybridized carbons (Fsp3) is 0.435. The molecule has 0 radical (unpaired) electrons. The highest BCUT2D eigenvalue weighted by molar-refractivity contribution is 6.05. The smallest absolute Gasteiger partial charge is 0.350 e. The van der Waals surface area contributed by atoms with Crippen LogP contribution in [0.3, 0.4) is 0 Å². The third-order valence-corrected chi connectivity index (χ3v) is 6.31. The maximum Gasteiger partial charge on any atom is 0.433 e. The molecule has 3 aromatic rings. The number of hydrogen-bond donors (Lipinski definition) is 1. The van der Waals surface area contributed by atoms with E-state index in [2.05, 4.69) is 25.4 Å². The van der Waals surface area contributed by atoms with E-state index in [1.807, 2.05) is 0 Å². The molecule has 2 aliphatic rings. The molecule has 0 unspecified atom stereocenters. The maximum atomic E-state index is 13.3. The van der Waals surface area contributed by atoms with Crippen molar-refractivity contribution in [2.45, 2.75) is 51.2 Å². The van der Waals surface area contributed by atoms with Gasteiger partial charge in [0, 0.05) is 31.0 Å². The summed E-state index contributed by atoms with van der Waals surface area (Å²) in [6.45, 7) is 0.899. The second kappa shape index (κ2) is 9.44. The Labute approximate surface area is 212 Å². The van der Waals surface area contributed by atoms with Gasteiger partial charge in [0.15, 0.2) is 5.82 Å². The quantitative estimate of drug-likeness (QED) is 0.476. The summed E-state index contributed by atoms with van der Waals surface area (Å²) in [6, 6.07) is 1.19. The fourth-order valence-corrected chi connectivity index (χ4v) is 4.54. The van der Waals surface area contributed by atoms with Gasteiger partial charge in [0.2, 0.25) is 11.9 Å². The Hall–Kier alpha value is -3.91. The molecule has 0 spiro atoms. The van der Waals surface area contributed by atoms with Crippen LogP contribution in [0.2, 0.25) is 0 Å². The largest absolute Gasteiger partial charge is 0.433 e. The van der Waals surface area contributed by atoms with Gasteiger partial charge in [-0.05, 0) is 31.4 Å². The molecule has 202 valence electrons. The Morgan fingerprint density at radius 1 is 1.08 bits per heavy atom. The number of aryl methyl sites for hydroxylation is 1. The zero-order valence-electron chi connectivity index (χ0n) is 20.0. The number of nitrogens with zero attached hydrogens (tertiary/aromatic N) is 7. The molecule has 5 rings (SSSR count). The van der Waals surface area contributed by atoms with E-state index in [0.29, 0.717) is 41.9 Å². The molecule has 0 bridgehead atoms. The van der Waals surface area contributed by atoms with Crippen molar-refractivity contribution >= 4 is 23.4 Å². The van der Waals surface area contributed by atoms with Crippen LogP contribution >= 0.6 is 0 Å². The number of hydrogen-bond acceptors (Lipinski definition) is 7. The molecule has 0 fully saturated rings. The van der Waals surface area contributed by atoms with Crippen LogP contribution in [0.5, 0.6) is 0 Å². The Morgan fingerprint density at radius 3 is 2.55 bits per heavy atom. The zero-order valence-corrected chi connectivity index (χ0v) is 20.0. The first-order valence-corrected chi connectivity index (χ1v) is 11.7. The van der Waals surface area contributed by atoms with Crippen LogP contribution in [0, 0.1) is 0 Å². The highest BCUT2D eigenvalue weighted by Gasteiger charge is 2.44. The first-order chi connectivity index (χ1) is 17.9. The summed E-state index contributed by atoms with van der Waals surface area (Å²) in [5.74, 6) is -0.233. The average Bonchev–Trinajstić information content (AvgIpc) is 3.30. The number of aromatic nitrogens is 5. The van der Waals surface area contributed by atoms with Crippen molar-refractivity contribution in [2.75, 3.05) is 28.2 Å². The summed E-state index contributed by atoms with van der Waals surface area (Å²) in [5.41, 5.74) is 1.06. The number of rotatable bonds is 6. The molecule has 0 aromatic carbocycles. The van der Waals surface area contributed by atoms with Gasteiger partial charge in [-0.3, -0.25) is 14.5 Å². The Kier molecular flexibility index (Phi) is 6.39. The number of halogens is 6. The molecule has 1 atom stereocenters. The summed E-state index contributed by atoms with van der Waals surface area (Å²) in [4.78, 5) is 27.5. The van der Waals surface area contributed by atoms with Crippen molar-refractivity contribution in [3.63, 3.8) is 0 Å². The lowest BCUT2D eigenvalue weighted by atomic mass is 10.0. The normalized spacial score (nSPS) is 17.6. The van der Waals surface area contributed by atoms with Gasteiger partial charge < -0.3 is 15.1 Å².